The van der Waals surface area contributed by atoms with Crippen LogP contribution in [0.5, 0.6) is 5.75 Å². The van der Waals surface area contributed by atoms with E-state index in [1.54, 1.807) is 19.1 Å². The summed E-state index contributed by atoms with van der Waals surface area (Å²) in [6.45, 7) is 8.22. The van der Waals surface area contributed by atoms with Crippen LogP contribution in [0.15, 0.2) is 12.1 Å². The molecular formula is C22H29O7-. The first kappa shape index (κ1) is 21.6. The van der Waals surface area contributed by atoms with Crippen molar-refractivity contribution in [2.24, 2.45) is 11.3 Å². The summed E-state index contributed by atoms with van der Waals surface area (Å²) in [6, 6.07) is 3.32. The normalized spacial score (nSPS) is 36.3. The molecule has 0 heterocycles. The largest absolute Gasteiger partial charge is 0.550 e. The lowest BCUT2D eigenvalue weighted by atomic mass is 9.47. The van der Waals surface area contributed by atoms with Crippen LogP contribution in [0.25, 0.3) is 0 Å². The summed E-state index contributed by atoms with van der Waals surface area (Å²) in [5, 5.41) is 45.3. The number of aliphatic hydroxyl groups excluding tert-OH is 2. The van der Waals surface area contributed by atoms with Gasteiger partial charge in [0.05, 0.1) is 6.10 Å². The van der Waals surface area contributed by atoms with Gasteiger partial charge < -0.3 is 30.0 Å². The van der Waals surface area contributed by atoms with Gasteiger partial charge in [-0.3, -0.25) is 4.79 Å². The fourth-order valence-electron chi connectivity index (χ4n) is 5.52. The second kappa shape index (κ2) is 6.99. The molecule has 29 heavy (non-hydrogen) atoms. The maximum Gasteiger partial charge on any atom is 0.303 e. The van der Waals surface area contributed by atoms with E-state index in [1.165, 1.54) is 13.8 Å². The number of carboxylic acids is 1. The average molecular weight is 405 g/mol. The number of phenols is 1. The zero-order valence-corrected chi connectivity index (χ0v) is 17.4. The van der Waals surface area contributed by atoms with E-state index in [0.29, 0.717) is 11.1 Å². The second-order valence-corrected chi connectivity index (χ2v) is 9.20. The fourth-order valence-corrected chi connectivity index (χ4v) is 5.52. The number of rotatable bonds is 3. The number of fused-ring (bicyclic) bond motifs is 3. The molecule has 0 spiro atoms. The number of hydrogen-bond acceptors (Lipinski definition) is 7. The number of aliphatic carboxylic acids is 1. The van der Waals surface area contributed by atoms with Gasteiger partial charge in [0.25, 0.3) is 0 Å². The van der Waals surface area contributed by atoms with Crippen LogP contribution in [0.3, 0.4) is 0 Å². The first-order valence-corrected chi connectivity index (χ1v) is 9.97. The van der Waals surface area contributed by atoms with E-state index in [2.05, 4.69) is 0 Å². The Hall–Kier alpha value is -2.12. The van der Waals surface area contributed by atoms with Crippen molar-refractivity contribution < 1.29 is 34.8 Å². The quantitative estimate of drug-likeness (QED) is 0.647. The van der Waals surface area contributed by atoms with Crippen molar-refractivity contribution in [1.82, 2.24) is 0 Å². The van der Waals surface area contributed by atoms with Crippen LogP contribution >= 0.6 is 0 Å². The van der Waals surface area contributed by atoms with E-state index >= 15 is 0 Å². The number of hydrogen-bond donors (Lipinski definition) is 3. The summed E-state index contributed by atoms with van der Waals surface area (Å²) in [5.41, 5.74) is -1.31. The van der Waals surface area contributed by atoms with Crippen LogP contribution < -0.4 is 5.11 Å². The van der Waals surface area contributed by atoms with Crippen molar-refractivity contribution >= 4 is 11.9 Å². The number of phenolic OH excluding ortho intramolecular Hbond substituents is 1. The Bertz CT molecular complexity index is 848. The molecule has 1 aromatic rings. The van der Waals surface area contributed by atoms with Crippen molar-refractivity contribution in [3.8, 4) is 5.75 Å². The molecule has 3 rings (SSSR count). The molecule has 7 nitrogen and oxygen atoms in total. The third kappa shape index (κ3) is 3.02. The van der Waals surface area contributed by atoms with Gasteiger partial charge in [0, 0.05) is 35.2 Å². The zero-order valence-electron chi connectivity index (χ0n) is 17.4. The van der Waals surface area contributed by atoms with E-state index in [0.717, 1.165) is 5.56 Å². The number of carbonyl (C=O) groups excluding carboxylic acids is 2. The van der Waals surface area contributed by atoms with E-state index in [9.17, 15) is 30.0 Å². The van der Waals surface area contributed by atoms with E-state index < -0.39 is 47.0 Å². The zero-order chi connectivity index (χ0) is 21.9. The molecule has 0 amide bonds. The molecule has 0 radical (unpaired) electrons. The van der Waals surface area contributed by atoms with Gasteiger partial charge in [-0.25, -0.2) is 0 Å². The summed E-state index contributed by atoms with van der Waals surface area (Å²) in [5.74, 6) is -3.05. The van der Waals surface area contributed by atoms with Crippen molar-refractivity contribution in [1.29, 1.82) is 0 Å². The Kier molecular flexibility index (Phi) is 5.20. The Labute approximate surface area is 170 Å². The van der Waals surface area contributed by atoms with Crippen LogP contribution in [-0.2, 0) is 19.7 Å². The van der Waals surface area contributed by atoms with E-state index in [-0.39, 0.29) is 24.5 Å². The summed E-state index contributed by atoms with van der Waals surface area (Å²) >= 11 is 0. The van der Waals surface area contributed by atoms with Crippen molar-refractivity contribution in [2.45, 2.75) is 77.1 Å². The van der Waals surface area contributed by atoms with Gasteiger partial charge in [0.15, 0.2) is 0 Å². The first-order valence-electron chi connectivity index (χ1n) is 9.97. The van der Waals surface area contributed by atoms with Crippen LogP contribution in [0.4, 0.5) is 0 Å². The van der Waals surface area contributed by atoms with E-state index in [1.807, 2.05) is 13.8 Å². The van der Waals surface area contributed by atoms with Crippen LogP contribution in [0.1, 0.15) is 76.2 Å². The van der Waals surface area contributed by atoms with Gasteiger partial charge >= 0.3 is 5.97 Å². The highest BCUT2D eigenvalue weighted by Crippen LogP contribution is 2.61. The lowest BCUT2D eigenvalue weighted by molar-refractivity contribution is -0.329. The fraction of sp³-hybridized carbons (Fsp3) is 0.636. The molecule has 7 heteroatoms. The lowest BCUT2D eigenvalue weighted by Crippen LogP contribution is -2.66. The molecule has 3 N–H and O–H groups in total. The number of benzene rings is 1. The predicted octanol–water partition coefficient (Wildman–Crippen LogP) is 1.28. The third-order valence-corrected chi connectivity index (χ3v) is 7.06. The number of esters is 1. The molecule has 6 atom stereocenters. The maximum absolute atomic E-state index is 12.2. The minimum atomic E-state index is -1.48. The van der Waals surface area contributed by atoms with Gasteiger partial charge in [-0.05, 0) is 36.0 Å². The Morgan fingerprint density at radius 2 is 1.86 bits per heavy atom. The standard InChI is InChI=1S/C22H30O7/c1-10(2)12-8-13-16(14(24)9-12)22(5)15(25)6-7-21(4,20(27)28)19(22)18(17(13)26)29-11(3)23/h8-10,15,17-19,24-26H,6-7H2,1-5H3,(H,27,28)/p-1/t15-,17+,18+,19-,21+,22-/m1/s1. The van der Waals surface area contributed by atoms with Gasteiger partial charge in [-0.1, -0.05) is 33.8 Å². The van der Waals surface area contributed by atoms with Gasteiger partial charge in [-0.2, -0.15) is 0 Å². The highest BCUT2D eigenvalue weighted by molar-refractivity contribution is 5.74. The van der Waals surface area contributed by atoms with Crippen LogP contribution in [0.2, 0.25) is 0 Å². The Balaban J connectivity index is 2.36. The molecule has 0 saturated heterocycles. The van der Waals surface area contributed by atoms with Crippen LogP contribution in [0, 0.1) is 11.3 Å². The third-order valence-electron chi connectivity index (χ3n) is 7.06. The SMILES string of the molecule is CC(=O)O[C@H]1[C@@H](O)c2cc(C(C)C)cc(O)c2[C@@]2(C)[C@H](O)CC[C@](C)(C(=O)[O-])[C@@H]12. The number of carboxylic acid groups (broad SMARTS) is 1. The minimum absolute atomic E-state index is 0.0564. The monoisotopic (exact) mass is 405 g/mol. The smallest absolute Gasteiger partial charge is 0.303 e. The molecule has 0 bridgehead atoms. The van der Waals surface area contributed by atoms with E-state index in [4.69, 9.17) is 4.74 Å². The first-order chi connectivity index (χ1) is 13.4. The van der Waals surface area contributed by atoms with Gasteiger partial charge in [0.2, 0.25) is 0 Å². The van der Waals surface area contributed by atoms with Gasteiger partial charge in [-0.15, -0.1) is 0 Å². The minimum Gasteiger partial charge on any atom is -0.550 e. The number of ether oxygens (including phenoxy) is 1. The lowest BCUT2D eigenvalue weighted by Gasteiger charge is -2.60. The molecule has 0 unspecified atom stereocenters. The number of carbonyl (C=O) groups is 2. The number of aliphatic hydroxyl groups is 2. The molecule has 160 valence electrons. The summed E-state index contributed by atoms with van der Waals surface area (Å²) in [7, 11) is 0. The average Bonchev–Trinajstić information content (AvgIpc) is 2.61. The molecule has 0 aliphatic heterocycles. The second-order valence-electron chi connectivity index (χ2n) is 9.20. The molecule has 0 aromatic heterocycles. The molecule has 1 saturated carbocycles. The Morgan fingerprint density at radius 3 is 2.38 bits per heavy atom. The van der Waals surface area contributed by atoms with Gasteiger partial charge in [0.1, 0.15) is 18.0 Å². The highest BCUT2D eigenvalue weighted by Gasteiger charge is 2.64. The molecule has 1 fully saturated rings. The molecule has 2 aliphatic rings. The Morgan fingerprint density at radius 1 is 1.24 bits per heavy atom. The molecule has 1 aromatic carbocycles. The van der Waals surface area contributed by atoms with Crippen molar-refractivity contribution in [3.63, 3.8) is 0 Å². The molecular weight excluding hydrogens is 376 g/mol. The predicted molar refractivity (Wildman–Crippen MR) is 102 cm³/mol. The van der Waals surface area contributed by atoms with Crippen molar-refractivity contribution in [3.05, 3.63) is 28.8 Å². The number of aromatic hydroxyl groups is 1. The summed E-state index contributed by atoms with van der Waals surface area (Å²) in [6.07, 6.45) is -3.28. The maximum atomic E-state index is 12.2. The summed E-state index contributed by atoms with van der Waals surface area (Å²) < 4.78 is 5.46. The highest BCUT2D eigenvalue weighted by atomic mass is 16.6. The van der Waals surface area contributed by atoms with Crippen LogP contribution in [-0.4, -0.2) is 39.5 Å². The summed E-state index contributed by atoms with van der Waals surface area (Å²) in [4.78, 5) is 24.0. The topological polar surface area (TPSA) is 127 Å². The molecule has 2 aliphatic carbocycles. The van der Waals surface area contributed by atoms with Crippen molar-refractivity contribution in [2.75, 3.05) is 0 Å².